The van der Waals surface area contributed by atoms with E-state index in [0.717, 1.165) is 15.9 Å². The molecule has 0 saturated heterocycles. The summed E-state index contributed by atoms with van der Waals surface area (Å²) in [6.07, 6.45) is 1.76. The lowest BCUT2D eigenvalue weighted by Gasteiger charge is -2.21. The second kappa shape index (κ2) is 6.81. The van der Waals surface area contributed by atoms with Gasteiger partial charge in [0.25, 0.3) is 0 Å². The number of hydrogen-bond donors (Lipinski definition) is 1. The van der Waals surface area contributed by atoms with Crippen LogP contribution in [0.4, 0.5) is 10.2 Å². The molecule has 1 N–H and O–H groups in total. The molecule has 5 heteroatoms. The molecule has 0 spiro atoms. The maximum Gasteiger partial charge on any atom is 0.133 e. The van der Waals surface area contributed by atoms with E-state index in [1.165, 1.54) is 6.07 Å². The van der Waals surface area contributed by atoms with Gasteiger partial charge >= 0.3 is 0 Å². The van der Waals surface area contributed by atoms with E-state index in [4.69, 9.17) is 0 Å². The van der Waals surface area contributed by atoms with Crippen molar-refractivity contribution in [1.29, 1.82) is 0 Å². The van der Waals surface area contributed by atoms with E-state index < -0.39 is 0 Å². The number of nitrogens with zero attached hydrogens (tertiary/aromatic N) is 2. The first-order valence-corrected chi connectivity index (χ1v) is 7.14. The molecule has 1 heterocycles. The fraction of sp³-hybridized carbons (Fsp3) is 0.267. The van der Waals surface area contributed by atoms with Crippen LogP contribution in [0.3, 0.4) is 0 Å². The molecular weight excluding hydrogens is 321 g/mol. The predicted molar refractivity (Wildman–Crippen MR) is 83.2 cm³/mol. The van der Waals surface area contributed by atoms with Gasteiger partial charge < -0.3 is 10.2 Å². The van der Waals surface area contributed by atoms with E-state index in [-0.39, 0.29) is 5.82 Å². The molecule has 0 aliphatic carbocycles. The second-order valence-corrected chi connectivity index (χ2v) is 5.53. The topological polar surface area (TPSA) is 28.2 Å². The molecule has 0 aliphatic heterocycles. The first kappa shape index (κ1) is 14.9. The Morgan fingerprint density at radius 1 is 1.30 bits per heavy atom. The van der Waals surface area contributed by atoms with E-state index in [0.29, 0.717) is 18.7 Å². The van der Waals surface area contributed by atoms with Crippen LogP contribution in [0.2, 0.25) is 0 Å². The molecule has 0 aliphatic rings. The summed E-state index contributed by atoms with van der Waals surface area (Å²) < 4.78 is 14.6. The van der Waals surface area contributed by atoms with E-state index in [1.54, 1.807) is 18.3 Å². The van der Waals surface area contributed by atoms with E-state index >= 15 is 0 Å². The molecule has 0 atom stereocenters. The summed E-state index contributed by atoms with van der Waals surface area (Å²) in [5, 5.41) is 3.12. The zero-order valence-corrected chi connectivity index (χ0v) is 13.1. The summed E-state index contributed by atoms with van der Waals surface area (Å²) in [6, 6.07) is 8.84. The summed E-state index contributed by atoms with van der Waals surface area (Å²) in [6.45, 7) is 1.20. The number of hydrogen-bond acceptors (Lipinski definition) is 3. The van der Waals surface area contributed by atoms with Crippen molar-refractivity contribution in [3.8, 4) is 0 Å². The normalized spacial score (nSPS) is 10.6. The largest absolute Gasteiger partial charge is 0.355 e. The molecule has 0 radical (unpaired) electrons. The Morgan fingerprint density at radius 3 is 2.75 bits per heavy atom. The van der Waals surface area contributed by atoms with Crippen LogP contribution >= 0.6 is 15.9 Å². The third-order valence-electron chi connectivity index (χ3n) is 3.00. The standard InChI is InChI=1S/C15H17BrFN3/c1-18-8-12-7-13(16)9-19-15(12)20(2)10-11-5-3-4-6-14(11)17/h3-7,9,18H,8,10H2,1-2H3. The van der Waals surface area contributed by atoms with Gasteiger partial charge in [-0.2, -0.15) is 0 Å². The Kier molecular flexibility index (Phi) is 5.09. The molecule has 1 aromatic heterocycles. The van der Waals surface area contributed by atoms with Gasteiger partial charge in [0.05, 0.1) is 0 Å². The van der Waals surface area contributed by atoms with Gasteiger partial charge in [-0.05, 0) is 35.1 Å². The minimum atomic E-state index is -0.188. The Hall–Kier alpha value is -1.46. The highest BCUT2D eigenvalue weighted by atomic mass is 79.9. The number of aromatic nitrogens is 1. The number of halogens is 2. The van der Waals surface area contributed by atoms with Gasteiger partial charge in [-0.1, -0.05) is 18.2 Å². The third-order valence-corrected chi connectivity index (χ3v) is 3.44. The average molecular weight is 338 g/mol. The average Bonchev–Trinajstić information content (AvgIpc) is 2.42. The van der Waals surface area contributed by atoms with Crippen molar-refractivity contribution in [1.82, 2.24) is 10.3 Å². The molecular formula is C15H17BrFN3. The van der Waals surface area contributed by atoms with Crippen molar-refractivity contribution >= 4 is 21.7 Å². The van der Waals surface area contributed by atoms with Gasteiger partial charge in [0.2, 0.25) is 0 Å². The van der Waals surface area contributed by atoms with Crippen LogP contribution in [0.25, 0.3) is 0 Å². The molecule has 3 nitrogen and oxygen atoms in total. The summed E-state index contributed by atoms with van der Waals surface area (Å²) in [7, 11) is 3.81. The highest BCUT2D eigenvalue weighted by Crippen LogP contribution is 2.22. The molecule has 1 aromatic carbocycles. The zero-order valence-electron chi connectivity index (χ0n) is 11.5. The molecule has 0 fully saturated rings. The van der Waals surface area contributed by atoms with E-state index in [1.807, 2.05) is 31.1 Å². The summed E-state index contributed by atoms with van der Waals surface area (Å²) >= 11 is 3.43. The maximum absolute atomic E-state index is 13.7. The van der Waals surface area contributed by atoms with Crippen LogP contribution < -0.4 is 10.2 Å². The van der Waals surface area contributed by atoms with Crippen molar-refractivity contribution in [2.45, 2.75) is 13.1 Å². The van der Waals surface area contributed by atoms with E-state index in [2.05, 4.69) is 26.2 Å². The maximum atomic E-state index is 13.7. The SMILES string of the molecule is CNCc1cc(Br)cnc1N(C)Cc1ccccc1F. The first-order valence-electron chi connectivity index (χ1n) is 6.35. The van der Waals surface area contributed by atoms with Crippen LogP contribution in [-0.4, -0.2) is 19.1 Å². The van der Waals surface area contributed by atoms with Gasteiger partial charge in [0.1, 0.15) is 11.6 Å². The summed E-state index contributed by atoms with van der Waals surface area (Å²) in [5.41, 5.74) is 1.73. The molecule has 106 valence electrons. The van der Waals surface area contributed by atoms with Crippen molar-refractivity contribution in [3.05, 3.63) is 57.9 Å². The van der Waals surface area contributed by atoms with Gasteiger partial charge in [-0.3, -0.25) is 0 Å². The third kappa shape index (κ3) is 3.55. The molecule has 0 saturated carbocycles. The Morgan fingerprint density at radius 2 is 2.05 bits per heavy atom. The Bertz CT molecular complexity index is 589. The minimum Gasteiger partial charge on any atom is -0.355 e. The number of benzene rings is 1. The Labute approximate surface area is 127 Å². The van der Waals surface area contributed by atoms with Crippen LogP contribution in [0, 0.1) is 5.82 Å². The molecule has 0 bridgehead atoms. The van der Waals surface area contributed by atoms with Crippen molar-refractivity contribution in [2.75, 3.05) is 19.0 Å². The minimum absolute atomic E-state index is 0.188. The first-order chi connectivity index (χ1) is 9.61. The number of anilines is 1. The fourth-order valence-corrected chi connectivity index (χ4v) is 2.47. The molecule has 2 rings (SSSR count). The van der Waals surface area contributed by atoms with E-state index in [9.17, 15) is 4.39 Å². The number of nitrogens with one attached hydrogen (secondary N) is 1. The highest BCUT2D eigenvalue weighted by molar-refractivity contribution is 9.10. The van der Waals surface area contributed by atoms with Crippen LogP contribution in [0.1, 0.15) is 11.1 Å². The monoisotopic (exact) mass is 337 g/mol. The second-order valence-electron chi connectivity index (χ2n) is 4.61. The van der Waals surface area contributed by atoms with Crippen molar-refractivity contribution < 1.29 is 4.39 Å². The summed E-state index contributed by atoms with van der Waals surface area (Å²) in [5.74, 6) is 0.664. The zero-order chi connectivity index (χ0) is 14.5. The van der Waals surface area contributed by atoms with Crippen LogP contribution in [-0.2, 0) is 13.1 Å². The van der Waals surface area contributed by atoms with Gasteiger partial charge in [-0.15, -0.1) is 0 Å². The fourth-order valence-electron chi connectivity index (χ4n) is 2.10. The summed E-state index contributed by atoms with van der Waals surface area (Å²) in [4.78, 5) is 6.40. The predicted octanol–water partition coefficient (Wildman–Crippen LogP) is 3.34. The Balaban J connectivity index is 2.25. The van der Waals surface area contributed by atoms with Gasteiger partial charge in [0, 0.05) is 41.9 Å². The smallest absolute Gasteiger partial charge is 0.133 e. The molecule has 0 amide bonds. The number of pyridine rings is 1. The molecule has 20 heavy (non-hydrogen) atoms. The molecule has 0 unspecified atom stereocenters. The van der Waals surface area contributed by atoms with Crippen LogP contribution in [0.15, 0.2) is 41.0 Å². The van der Waals surface area contributed by atoms with Crippen LogP contribution in [0.5, 0.6) is 0 Å². The van der Waals surface area contributed by atoms with Gasteiger partial charge in [-0.25, -0.2) is 9.37 Å². The van der Waals surface area contributed by atoms with Crippen molar-refractivity contribution in [3.63, 3.8) is 0 Å². The number of rotatable bonds is 5. The van der Waals surface area contributed by atoms with Crippen molar-refractivity contribution in [2.24, 2.45) is 0 Å². The lowest BCUT2D eigenvalue weighted by molar-refractivity contribution is 0.607. The van der Waals surface area contributed by atoms with Gasteiger partial charge in [0.15, 0.2) is 0 Å². The lowest BCUT2D eigenvalue weighted by Crippen LogP contribution is -2.21. The highest BCUT2D eigenvalue weighted by Gasteiger charge is 2.11. The molecule has 2 aromatic rings. The lowest BCUT2D eigenvalue weighted by atomic mass is 10.2. The quantitative estimate of drug-likeness (QED) is 0.906.